The van der Waals surface area contributed by atoms with E-state index in [1.165, 1.54) is 0 Å². The molecule has 2 atom stereocenters. The van der Waals surface area contributed by atoms with E-state index in [0.29, 0.717) is 6.04 Å². The molecule has 3 rings (SSSR count). The molecule has 0 radical (unpaired) electrons. The van der Waals surface area contributed by atoms with Gasteiger partial charge in [-0.3, -0.25) is 4.90 Å². The molecule has 2 heterocycles. The highest BCUT2D eigenvalue weighted by Gasteiger charge is 2.41. The van der Waals surface area contributed by atoms with E-state index in [0.717, 1.165) is 42.2 Å². The van der Waals surface area contributed by atoms with Crippen LogP contribution in [0.5, 0.6) is 0 Å². The first-order valence-corrected chi connectivity index (χ1v) is 10.6. The average molecular weight is 373 g/mol. The minimum Gasteiger partial charge on any atom is -0.390 e. The van der Waals surface area contributed by atoms with Gasteiger partial charge in [-0.2, -0.15) is 0 Å². The number of anilines is 1. The monoisotopic (exact) mass is 372 g/mol. The molecule has 0 unspecified atom stereocenters. The molecule has 1 N–H and O–H groups in total. The number of aliphatic hydroxyl groups excluding tert-OH is 1. The first-order chi connectivity index (χ1) is 11.3. The molecule has 0 spiro atoms. The predicted octanol–water partition coefficient (Wildman–Crippen LogP) is 1.71. The highest BCUT2D eigenvalue weighted by atomic mass is 35.5. The Kier molecular flexibility index (Phi) is 5.12. The second-order valence-corrected chi connectivity index (χ2v) is 9.59. The van der Waals surface area contributed by atoms with Gasteiger partial charge in [-0.1, -0.05) is 17.7 Å². The summed E-state index contributed by atoms with van der Waals surface area (Å²) < 4.78 is 23.5. The van der Waals surface area contributed by atoms with E-state index in [1.807, 2.05) is 26.1 Å². The van der Waals surface area contributed by atoms with Crippen molar-refractivity contribution in [3.63, 3.8) is 0 Å². The summed E-state index contributed by atoms with van der Waals surface area (Å²) in [5.41, 5.74) is 2.21. The van der Waals surface area contributed by atoms with Crippen molar-refractivity contribution in [2.75, 3.05) is 36.5 Å². The van der Waals surface area contributed by atoms with Crippen molar-refractivity contribution in [1.29, 1.82) is 0 Å². The van der Waals surface area contributed by atoms with Crippen molar-refractivity contribution in [2.24, 2.45) is 0 Å². The molecule has 0 amide bonds. The van der Waals surface area contributed by atoms with Crippen LogP contribution in [0.3, 0.4) is 0 Å². The molecule has 134 valence electrons. The van der Waals surface area contributed by atoms with E-state index in [-0.39, 0.29) is 17.5 Å². The summed E-state index contributed by atoms with van der Waals surface area (Å²) in [4.78, 5) is 4.39. The van der Waals surface area contributed by atoms with Gasteiger partial charge in [0.05, 0.1) is 23.7 Å². The Morgan fingerprint density at radius 3 is 2.46 bits per heavy atom. The number of rotatable bonds is 3. The van der Waals surface area contributed by atoms with Crippen molar-refractivity contribution in [3.8, 4) is 0 Å². The van der Waals surface area contributed by atoms with Crippen molar-refractivity contribution in [2.45, 2.75) is 38.0 Å². The molecule has 24 heavy (non-hydrogen) atoms. The summed E-state index contributed by atoms with van der Waals surface area (Å²) in [5.74, 6) is -0.0405. The number of piperidine rings is 1. The second kappa shape index (κ2) is 6.83. The van der Waals surface area contributed by atoms with Crippen LogP contribution in [-0.2, 0) is 9.84 Å². The molecular weight excluding hydrogens is 348 g/mol. The molecule has 2 aliphatic heterocycles. The Morgan fingerprint density at radius 1 is 1.25 bits per heavy atom. The van der Waals surface area contributed by atoms with E-state index in [4.69, 9.17) is 11.6 Å². The summed E-state index contributed by atoms with van der Waals surface area (Å²) in [6, 6.07) is 6.16. The third-order valence-corrected chi connectivity index (χ3v) is 7.48. The zero-order chi connectivity index (χ0) is 17.5. The van der Waals surface area contributed by atoms with Gasteiger partial charge in [0.25, 0.3) is 0 Å². The Morgan fingerprint density at radius 2 is 1.92 bits per heavy atom. The summed E-state index contributed by atoms with van der Waals surface area (Å²) in [5, 5.41) is 10.8. The summed E-state index contributed by atoms with van der Waals surface area (Å²) in [7, 11) is -1.17. The maximum Gasteiger partial charge on any atom is 0.154 e. The summed E-state index contributed by atoms with van der Waals surface area (Å²) in [6.45, 7) is 3.81. The van der Waals surface area contributed by atoms with Crippen LogP contribution < -0.4 is 4.90 Å². The number of benzene rings is 1. The van der Waals surface area contributed by atoms with Crippen molar-refractivity contribution < 1.29 is 13.5 Å². The molecule has 2 aliphatic rings. The van der Waals surface area contributed by atoms with Crippen LogP contribution in [-0.4, -0.2) is 68.3 Å². The number of likely N-dealkylation sites (N-methyl/N-ethyl adjacent to an activating group) is 1. The SMILES string of the molecule is Cc1ccc(N2CCC(N(C)[C@@H]3CS(=O)(=O)C[C@H]3O)CC2)cc1Cl. The van der Waals surface area contributed by atoms with Crippen LogP contribution in [0.1, 0.15) is 18.4 Å². The Labute approximate surface area is 149 Å². The average Bonchev–Trinajstić information content (AvgIpc) is 2.82. The van der Waals surface area contributed by atoms with E-state index in [9.17, 15) is 13.5 Å². The van der Waals surface area contributed by atoms with Crippen LogP contribution in [0.25, 0.3) is 0 Å². The van der Waals surface area contributed by atoms with Gasteiger partial charge in [0, 0.05) is 29.8 Å². The number of aryl methyl sites for hydroxylation is 1. The lowest BCUT2D eigenvalue weighted by Crippen LogP contribution is -2.50. The maximum absolute atomic E-state index is 11.7. The minimum absolute atomic E-state index is 0.0679. The molecule has 2 saturated heterocycles. The largest absolute Gasteiger partial charge is 0.390 e. The number of halogens is 1. The fraction of sp³-hybridized carbons (Fsp3) is 0.647. The third kappa shape index (κ3) is 3.72. The van der Waals surface area contributed by atoms with E-state index >= 15 is 0 Å². The molecule has 7 heteroatoms. The van der Waals surface area contributed by atoms with Gasteiger partial charge in [-0.05, 0) is 44.5 Å². The Hall–Kier alpha value is -0.820. The van der Waals surface area contributed by atoms with Gasteiger partial charge in [0.2, 0.25) is 0 Å². The van der Waals surface area contributed by atoms with E-state index in [2.05, 4.69) is 15.9 Å². The van der Waals surface area contributed by atoms with Crippen LogP contribution >= 0.6 is 11.6 Å². The van der Waals surface area contributed by atoms with Crippen LogP contribution in [0.15, 0.2) is 18.2 Å². The van der Waals surface area contributed by atoms with Gasteiger partial charge in [-0.25, -0.2) is 8.42 Å². The quantitative estimate of drug-likeness (QED) is 0.875. The van der Waals surface area contributed by atoms with Gasteiger partial charge >= 0.3 is 0 Å². The zero-order valence-electron chi connectivity index (χ0n) is 14.2. The molecule has 1 aromatic rings. The zero-order valence-corrected chi connectivity index (χ0v) is 15.7. The fourth-order valence-corrected chi connectivity index (χ4v) is 5.81. The second-order valence-electron chi connectivity index (χ2n) is 7.03. The van der Waals surface area contributed by atoms with Crippen molar-refractivity contribution >= 4 is 27.1 Å². The highest BCUT2D eigenvalue weighted by Crippen LogP contribution is 2.28. The Balaban J connectivity index is 1.61. The van der Waals surface area contributed by atoms with Crippen LogP contribution in [0.2, 0.25) is 5.02 Å². The van der Waals surface area contributed by atoms with Gasteiger partial charge in [0.1, 0.15) is 0 Å². The van der Waals surface area contributed by atoms with Gasteiger partial charge in [0.15, 0.2) is 9.84 Å². The van der Waals surface area contributed by atoms with Crippen LogP contribution in [0, 0.1) is 6.92 Å². The third-order valence-electron chi connectivity index (χ3n) is 5.38. The van der Waals surface area contributed by atoms with Crippen molar-refractivity contribution in [3.05, 3.63) is 28.8 Å². The lowest BCUT2D eigenvalue weighted by atomic mass is 10.00. The van der Waals surface area contributed by atoms with Crippen molar-refractivity contribution in [1.82, 2.24) is 4.90 Å². The lowest BCUT2D eigenvalue weighted by molar-refractivity contribution is 0.0651. The first kappa shape index (κ1) is 18.0. The van der Waals surface area contributed by atoms with Gasteiger partial charge < -0.3 is 10.0 Å². The summed E-state index contributed by atoms with van der Waals surface area (Å²) >= 11 is 6.22. The molecule has 0 saturated carbocycles. The Bertz CT molecular complexity index is 702. The maximum atomic E-state index is 11.7. The fourth-order valence-electron chi connectivity index (χ4n) is 3.78. The minimum atomic E-state index is -3.11. The first-order valence-electron chi connectivity index (χ1n) is 8.38. The van der Waals surface area contributed by atoms with E-state index in [1.54, 1.807) is 0 Å². The molecule has 1 aromatic carbocycles. The molecule has 0 aliphatic carbocycles. The topological polar surface area (TPSA) is 60.9 Å². The molecular formula is C17H25ClN2O3S. The van der Waals surface area contributed by atoms with E-state index < -0.39 is 15.9 Å². The highest BCUT2D eigenvalue weighted by molar-refractivity contribution is 7.91. The standard InChI is InChI=1S/C17H25ClN2O3S/c1-12-3-4-14(9-15(12)18)20-7-5-13(6-8-20)19(2)16-10-24(22,23)11-17(16)21/h3-4,9,13,16-17,21H,5-8,10-11H2,1-2H3/t16-,17-/m1/s1. The summed E-state index contributed by atoms with van der Waals surface area (Å²) in [6.07, 6.45) is 1.13. The molecule has 0 bridgehead atoms. The normalized spacial score (nSPS) is 27.8. The molecule has 2 fully saturated rings. The number of sulfone groups is 1. The molecule has 5 nitrogen and oxygen atoms in total. The smallest absolute Gasteiger partial charge is 0.154 e. The lowest BCUT2D eigenvalue weighted by Gasteiger charge is -2.40. The predicted molar refractivity (Wildman–Crippen MR) is 97.6 cm³/mol. The van der Waals surface area contributed by atoms with Crippen LogP contribution in [0.4, 0.5) is 5.69 Å². The van der Waals surface area contributed by atoms with Gasteiger partial charge in [-0.15, -0.1) is 0 Å². The number of nitrogens with zero attached hydrogens (tertiary/aromatic N) is 2. The number of aliphatic hydroxyl groups is 1. The number of hydrogen-bond acceptors (Lipinski definition) is 5. The molecule has 0 aromatic heterocycles. The number of hydrogen-bond donors (Lipinski definition) is 1.